The third kappa shape index (κ3) is 3.67. The zero-order valence-electron chi connectivity index (χ0n) is 9.95. The molecule has 0 aliphatic carbocycles. The molecule has 2 aromatic rings. The number of rotatable bonds is 4. The molecule has 0 bridgehead atoms. The van der Waals surface area contributed by atoms with Crippen molar-refractivity contribution >= 4 is 11.3 Å². The number of alkyl halides is 3. The van der Waals surface area contributed by atoms with Gasteiger partial charge < -0.3 is 9.84 Å². The number of nitrogens with zero attached hydrogens (tertiary/aromatic N) is 1. The summed E-state index contributed by atoms with van der Waals surface area (Å²) in [7, 11) is 0. The molecule has 0 atom stereocenters. The molecule has 0 unspecified atom stereocenters. The summed E-state index contributed by atoms with van der Waals surface area (Å²) < 4.78 is 54.2. The molecule has 1 aromatic carbocycles. The number of halogens is 4. The lowest BCUT2D eigenvalue weighted by atomic mass is 10.2. The fourth-order valence-electron chi connectivity index (χ4n) is 1.43. The molecule has 0 fully saturated rings. The van der Waals surface area contributed by atoms with E-state index in [1.807, 2.05) is 0 Å². The Kier molecular flexibility index (Phi) is 4.24. The van der Waals surface area contributed by atoms with E-state index in [2.05, 4.69) is 9.72 Å². The highest BCUT2D eigenvalue weighted by Gasteiger charge is 2.28. The van der Waals surface area contributed by atoms with Crippen LogP contribution in [0.4, 0.5) is 17.6 Å². The Hall–Kier alpha value is -1.67. The third-order valence-electron chi connectivity index (χ3n) is 2.28. The van der Waals surface area contributed by atoms with Gasteiger partial charge in [0.25, 0.3) is 0 Å². The molecular formula is C12H9F4NO2S. The first-order valence-corrected chi connectivity index (χ1v) is 6.26. The molecule has 3 nitrogen and oxygen atoms in total. The van der Waals surface area contributed by atoms with E-state index in [4.69, 9.17) is 5.11 Å². The van der Waals surface area contributed by atoms with Crippen LogP contribution in [0, 0.1) is 5.82 Å². The molecule has 0 aliphatic heterocycles. The van der Waals surface area contributed by atoms with Crippen LogP contribution in [0.25, 0.3) is 10.6 Å². The molecule has 0 radical (unpaired) electrons. The van der Waals surface area contributed by atoms with Crippen LogP contribution in [0.3, 0.4) is 0 Å². The molecule has 0 amide bonds. The van der Waals surface area contributed by atoms with Crippen molar-refractivity contribution in [2.45, 2.75) is 12.8 Å². The molecule has 1 heterocycles. The monoisotopic (exact) mass is 307 g/mol. The Labute approximate surface area is 115 Å². The number of benzene rings is 1. The van der Waals surface area contributed by atoms with E-state index >= 15 is 0 Å². The molecule has 20 heavy (non-hydrogen) atoms. The van der Waals surface area contributed by atoms with Gasteiger partial charge in [0.2, 0.25) is 0 Å². The fraction of sp³-hybridized carbons (Fsp3) is 0.250. The van der Waals surface area contributed by atoms with Gasteiger partial charge in [0, 0.05) is 17.8 Å². The lowest BCUT2D eigenvalue weighted by molar-refractivity contribution is -0.153. The minimum absolute atomic E-state index is 0.147. The number of aliphatic hydroxyl groups is 1. The smallest absolute Gasteiger partial charge is 0.422 e. The normalized spacial score (nSPS) is 11.7. The van der Waals surface area contributed by atoms with Crippen molar-refractivity contribution < 1.29 is 27.4 Å². The Morgan fingerprint density at radius 3 is 2.60 bits per heavy atom. The van der Waals surface area contributed by atoms with Crippen molar-refractivity contribution in [3.8, 4) is 16.3 Å². The quantitative estimate of drug-likeness (QED) is 0.881. The molecule has 1 aromatic heterocycles. The molecule has 108 valence electrons. The highest BCUT2D eigenvalue weighted by atomic mass is 32.1. The van der Waals surface area contributed by atoms with Crippen LogP contribution in [0.1, 0.15) is 4.88 Å². The maximum atomic E-state index is 13.8. The largest absolute Gasteiger partial charge is 0.484 e. The minimum atomic E-state index is -4.47. The maximum absolute atomic E-state index is 13.8. The van der Waals surface area contributed by atoms with Crippen LogP contribution < -0.4 is 4.74 Å². The average Bonchev–Trinajstić information content (AvgIpc) is 2.84. The average molecular weight is 307 g/mol. The molecule has 2 rings (SSSR count). The summed E-state index contributed by atoms with van der Waals surface area (Å²) in [6, 6.07) is 3.41. The summed E-state index contributed by atoms with van der Waals surface area (Å²) >= 11 is 1.10. The number of hydrogen-bond acceptors (Lipinski definition) is 4. The minimum Gasteiger partial charge on any atom is -0.484 e. The van der Waals surface area contributed by atoms with Gasteiger partial charge in [-0.25, -0.2) is 9.37 Å². The van der Waals surface area contributed by atoms with Crippen LogP contribution in [-0.4, -0.2) is 22.9 Å². The van der Waals surface area contributed by atoms with E-state index in [0.29, 0.717) is 9.88 Å². The Bertz CT molecular complexity index is 597. The highest BCUT2D eigenvalue weighted by molar-refractivity contribution is 7.15. The lowest BCUT2D eigenvalue weighted by Crippen LogP contribution is -2.19. The predicted octanol–water partition coefficient (Wildman–Crippen LogP) is 3.38. The second-order valence-electron chi connectivity index (χ2n) is 3.84. The first kappa shape index (κ1) is 14.7. The molecule has 0 spiro atoms. The van der Waals surface area contributed by atoms with Crippen LogP contribution in [0.5, 0.6) is 5.75 Å². The first-order valence-electron chi connectivity index (χ1n) is 5.44. The number of aromatic nitrogens is 1. The van der Waals surface area contributed by atoms with Gasteiger partial charge in [0.05, 0.1) is 11.5 Å². The summed E-state index contributed by atoms with van der Waals surface area (Å²) in [5, 5.41) is 9.25. The summed E-state index contributed by atoms with van der Waals surface area (Å²) in [5.74, 6) is -0.939. The molecule has 0 aliphatic rings. The van der Waals surface area contributed by atoms with Gasteiger partial charge >= 0.3 is 6.18 Å². The molecule has 0 saturated heterocycles. The van der Waals surface area contributed by atoms with Crippen molar-refractivity contribution in [2.24, 2.45) is 0 Å². The second-order valence-corrected chi connectivity index (χ2v) is 4.95. The van der Waals surface area contributed by atoms with Crippen molar-refractivity contribution in [1.29, 1.82) is 0 Å². The van der Waals surface area contributed by atoms with Crippen LogP contribution in [0.2, 0.25) is 0 Å². The second kappa shape index (κ2) is 5.76. The summed E-state index contributed by atoms with van der Waals surface area (Å²) in [5.41, 5.74) is 0.147. The van der Waals surface area contributed by atoms with E-state index in [0.717, 1.165) is 17.4 Å². The third-order valence-corrected chi connectivity index (χ3v) is 3.30. The fourth-order valence-corrected chi connectivity index (χ4v) is 2.23. The summed E-state index contributed by atoms with van der Waals surface area (Å²) in [6.07, 6.45) is -3.06. The molecule has 8 heteroatoms. The van der Waals surface area contributed by atoms with Crippen molar-refractivity contribution in [1.82, 2.24) is 4.98 Å². The Morgan fingerprint density at radius 1 is 1.30 bits per heavy atom. The van der Waals surface area contributed by atoms with Gasteiger partial charge in [0.15, 0.2) is 6.61 Å². The number of thiazole rings is 1. The zero-order valence-corrected chi connectivity index (χ0v) is 10.8. The van der Waals surface area contributed by atoms with Gasteiger partial charge in [-0.15, -0.1) is 11.3 Å². The molecule has 1 N–H and O–H groups in total. The standard InChI is InChI=1S/C12H9F4NO2S/c13-10-3-7(19-6-12(14,15)16)1-2-9(10)11-17-4-8(5-18)20-11/h1-4,18H,5-6H2. The van der Waals surface area contributed by atoms with Gasteiger partial charge in [0.1, 0.15) is 16.6 Å². The van der Waals surface area contributed by atoms with E-state index in [-0.39, 0.29) is 17.9 Å². The highest BCUT2D eigenvalue weighted by Crippen LogP contribution is 2.30. The number of aliphatic hydroxyl groups excluding tert-OH is 1. The van der Waals surface area contributed by atoms with Crippen molar-refractivity contribution in [2.75, 3.05) is 6.61 Å². The predicted molar refractivity (Wildman–Crippen MR) is 65.0 cm³/mol. The number of ether oxygens (including phenoxy) is 1. The summed E-state index contributed by atoms with van der Waals surface area (Å²) in [6.45, 7) is -1.68. The van der Waals surface area contributed by atoms with Gasteiger partial charge in [-0.3, -0.25) is 0 Å². The van der Waals surface area contributed by atoms with Gasteiger partial charge in [-0.1, -0.05) is 0 Å². The molecule has 0 saturated carbocycles. The van der Waals surface area contributed by atoms with E-state index in [1.165, 1.54) is 18.3 Å². The molecular weight excluding hydrogens is 298 g/mol. The topological polar surface area (TPSA) is 42.4 Å². The van der Waals surface area contributed by atoms with Gasteiger partial charge in [-0.2, -0.15) is 13.2 Å². The van der Waals surface area contributed by atoms with E-state index < -0.39 is 18.6 Å². The zero-order chi connectivity index (χ0) is 14.8. The van der Waals surface area contributed by atoms with Gasteiger partial charge in [-0.05, 0) is 12.1 Å². The van der Waals surface area contributed by atoms with Crippen LogP contribution in [-0.2, 0) is 6.61 Å². The lowest BCUT2D eigenvalue weighted by Gasteiger charge is -2.09. The Balaban J connectivity index is 2.17. The Morgan fingerprint density at radius 2 is 2.05 bits per heavy atom. The number of hydrogen-bond donors (Lipinski definition) is 1. The van der Waals surface area contributed by atoms with E-state index in [9.17, 15) is 17.6 Å². The SMILES string of the molecule is OCc1cnc(-c2ccc(OCC(F)(F)F)cc2F)s1. The van der Waals surface area contributed by atoms with Crippen LogP contribution in [0.15, 0.2) is 24.4 Å². The van der Waals surface area contributed by atoms with Crippen LogP contribution >= 0.6 is 11.3 Å². The van der Waals surface area contributed by atoms with Crippen molar-refractivity contribution in [3.05, 3.63) is 35.1 Å². The maximum Gasteiger partial charge on any atom is 0.422 e. The van der Waals surface area contributed by atoms with E-state index in [1.54, 1.807) is 0 Å². The summed E-state index contributed by atoms with van der Waals surface area (Å²) in [4.78, 5) is 4.50. The van der Waals surface area contributed by atoms with Crippen molar-refractivity contribution in [3.63, 3.8) is 0 Å². The first-order chi connectivity index (χ1) is 9.39.